The lowest BCUT2D eigenvalue weighted by Gasteiger charge is -2.26. The van der Waals surface area contributed by atoms with Crippen LogP contribution in [0.3, 0.4) is 0 Å². The molecule has 3 nitrogen and oxygen atoms in total. The third-order valence-corrected chi connectivity index (χ3v) is 4.40. The van der Waals surface area contributed by atoms with Crippen LogP contribution in [-0.2, 0) is 5.41 Å². The molecule has 3 aromatic rings. The van der Waals surface area contributed by atoms with E-state index in [-0.39, 0.29) is 11.2 Å². The Morgan fingerprint density at radius 2 is 1.40 bits per heavy atom. The first-order valence-electron chi connectivity index (χ1n) is 8.08. The van der Waals surface area contributed by atoms with Gasteiger partial charge in [-0.3, -0.25) is 0 Å². The largest absolute Gasteiger partial charge is 0.508 e. The number of rotatable bonds is 4. The molecule has 25 heavy (non-hydrogen) atoms. The predicted octanol–water partition coefficient (Wildman–Crippen LogP) is 5.38. The summed E-state index contributed by atoms with van der Waals surface area (Å²) in [7, 11) is 0. The molecular weight excluding hydrogens is 310 g/mol. The Balaban J connectivity index is 1.84. The van der Waals surface area contributed by atoms with E-state index in [9.17, 15) is 5.11 Å². The van der Waals surface area contributed by atoms with E-state index >= 15 is 0 Å². The minimum atomic E-state index is -0.198. The van der Waals surface area contributed by atoms with Gasteiger partial charge in [0, 0.05) is 5.41 Å². The first-order chi connectivity index (χ1) is 12.0. The molecule has 0 unspecified atom stereocenters. The van der Waals surface area contributed by atoms with Crippen LogP contribution in [0.1, 0.15) is 30.5 Å². The van der Waals surface area contributed by atoms with Crippen molar-refractivity contribution in [2.45, 2.75) is 19.3 Å². The van der Waals surface area contributed by atoms with Crippen molar-refractivity contribution in [1.29, 1.82) is 5.26 Å². The monoisotopic (exact) mass is 329 g/mol. The van der Waals surface area contributed by atoms with Crippen LogP contribution in [0.5, 0.6) is 17.2 Å². The highest BCUT2D eigenvalue weighted by Crippen LogP contribution is 2.34. The van der Waals surface area contributed by atoms with E-state index in [2.05, 4.69) is 19.9 Å². The molecule has 124 valence electrons. The van der Waals surface area contributed by atoms with Gasteiger partial charge in [0.1, 0.15) is 23.3 Å². The van der Waals surface area contributed by atoms with Gasteiger partial charge in [0.25, 0.3) is 0 Å². The molecule has 0 atom stereocenters. The lowest BCUT2D eigenvalue weighted by molar-refractivity contribution is 0.474. The van der Waals surface area contributed by atoms with Crippen molar-refractivity contribution in [3.63, 3.8) is 0 Å². The molecule has 0 saturated heterocycles. The Bertz CT molecular complexity index is 904. The molecule has 1 N–H and O–H groups in total. The van der Waals surface area contributed by atoms with Gasteiger partial charge in [-0.1, -0.05) is 50.2 Å². The number of nitriles is 1. The maximum atomic E-state index is 9.47. The van der Waals surface area contributed by atoms with Crippen LogP contribution in [0.4, 0.5) is 0 Å². The molecule has 0 bridgehead atoms. The van der Waals surface area contributed by atoms with E-state index in [0.717, 1.165) is 11.1 Å². The van der Waals surface area contributed by atoms with Gasteiger partial charge in [0.15, 0.2) is 0 Å². The third-order valence-electron chi connectivity index (χ3n) is 4.40. The molecule has 0 aliphatic rings. The lowest BCUT2D eigenvalue weighted by atomic mass is 9.78. The Hall–Kier alpha value is -3.25. The normalized spacial score (nSPS) is 10.9. The summed E-state index contributed by atoms with van der Waals surface area (Å²) in [5, 5.41) is 18.6. The quantitative estimate of drug-likeness (QED) is 0.699. The van der Waals surface area contributed by atoms with Gasteiger partial charge in [-0.2, -0.15) is 5.26 Å². The first-order valence-corrected chi connectivity index (χ1v) is 8.08. The van der Waals surface area contributed by atoms with E-state index in [1.54, 1.807) is 24.3 Å². The number of phenolic OH excluding ortho intramolecular Hbond substituents is 1. The maximum absolute atomic E-state index is 9.47. The Kier molecular flexibility index (Phi) is 4.45. The van der Waals surface area contributed by atoms with Crippen LogP contribution in [0.15, 0.2) is 72.8 Å². The summed E-state index contributed by atoms with van der Waals surface area (Å²) in [6.07, 6.45) is 0. The maximum Gasteiger partial charge on any atom is 0.145 e. The van der Waals surface area contributed by atoms with Gasteiger partial charge >= 0.3 is 0 Å². The van der Waals surface area contributed by atoms with Crippen molar-refractivity contribution in [2.24, 2.45) is 0 Å². The highest BCUT2D eigenvalue weighted by molar-refractivity contribution is 5.46. The minimum Gasteiger partial charge on any atom is -0.508 e. The topological polar surface area (TPSA) is 53.2 Å². The predicted molar refractivity (Wildman–Crippen MR) is 97.9 cm³/mol. The summed E-state index contributed by atoms with van der Waals surface area (Å²) >= 11 is 0. The van der Waals surface area contributed by atoms with Crippen molar-refractivity contribution >= 4 is 0 Å². The second kappa shape index (κ2) is 6.70. The van der Waals surface area contributed by atoms with Crippen LogP contribution in [-0.4, -0.2) is 5.11 Å². The number of aromatic hydroxyl groups is 1. The summed E-state index contributed by atoms with van der Waals surface area (Å²) in [5.74, 6) is 1.50. The Morgan fingerprint density at radius 3 is 2.00 bits per heavy atom. The van der Waals surface area contributed by atoms with Crippen molar-refractivity contribution in [3.8, 4) is 23.3 Å². The van der Waals surface area contributed by atoms with E-state index in [0.29, 0.717) is 17.1 Å². The number of hydrogen-bond donors (Lipinski definition) is 1. The summed E-state index contributed by atoms with van der Waals surface area (Å²) in [6.45, 7) is 4.28. The van der Waals surface area contributed by atoms with Crippen molar-refractivity contribution in [3.05, 3.63) is 89.5 Å². The highest BCUT2D eigenvalue weighted by atomic mass is 16.5. The molecule has 0 amide bonds. The molecule has 0 saturated carbocycles. The van der Waals surface area contributed by atoms with Crippen LogP contribution in [0.25, 0.3) is 0 Å². The molecular formula is C22H19NO2. The number of ether oxygens (including phenoxy) is 1. The zero-order valence-electron chi connectivity index (χ0n) is 14.2. The minimum absolute atomic E-state index is 0.198. The fourth-order valence-electron chi connectivity index (χ4n) is 2.76. The van der Waals surface area contributed by atoms with Gasteiger partial charge in [-0.25, -0.2) is 0 Å². The fraction of sp³-hybridized carbons (Fsp3) is 0.136. The molecule has 3 aromatic carbocycles. The molecule has 0 aliphatic heterocycles. The molecule has 0 spiro atoms. The molecule has 0 heterocycles. The van der Waals surface area contributed by atoms with Gasteiger partial charge in [0.05, 0.1) is 5.56 Å². The van der Waals surface area contributed by atoms with Crippen LogP contribution >= 0.6 is 0 Å². The first kappa shape index (κ1) is 16.6. The summed E-state index contributed by atoms with van der Waals surface area (Å²) in [6, 6.07) is 24.4. The highest BCUT2D eigenvalue weighted by Gasteiger charge is 2.23. The van der Waals surface area contributed by atoms with Crippen molar-refractivity contribution in [2.75, 3.05) is 0 Å². The fourth-order valence-corrected chi connectivity index (χ4v) is 2.76. The van der Waals surface area contributed by atoms with Gasteiger partial charge in [0.2, 0.25) is 0 Å². The number of nitrogens with zero attached hydrogens (tertiary/aromatic N) is 1. The smallest absolute Gasteiger partial charge is 0.145 e. The van der Waals surface area contributed by atoms with E-state index in [1.807, 2.05) is 48.5 Å². The number of para-hydroxylation sites is 1. The van der Waals surface area contributed by atoms with Crippen molar-refractivity contribution in [1.82, 2.24) is 0 Å². The van der Waals surface area contributed by atoms with E-state index in [4.69, 9.17) is 10.00 Å². The molecule has 0 aliphatic carbocycles. The molecule has 0 fully saturated rings. The molecule has 0 radical (unpaired) electrons. The summed E-state index contributed by atoms with van der Waals surface area (Å²) in [4.78, 5) is 0. The summed E-state index contributed by atoms with van der Waals surface area (Å²) in [5.41, 5.74) is 2.57. The second-order valence-corrected chi connectivity index (χ2v) is 6.41. The zero-order valence-corrected chi connectivity index (χ0v) is 14.2. The van der Waals surface area contributed by atoms with Crippen LogP contribution in [0, 0.1) is 11.3 Å². The standard InChI is InChI=1S/C22H19NO2/c1-22(2,17-7-11-19(24)12-8-17)18-9-13-20(14-10-18)25-21-6-4-3-5-16(21)15-23/h3-14,24H,1-2H3. The Labute approximate surface area is 147 Å². The molecule has 3 heteroatoms. The molecule has 0 aromatic heterocycles. The number of benzene rings is 3. The zero-order chi connectivity index (χ0) is 17.9. The van der Waals surface area contributed by atoms with Crippen LogP contribution in [0.2, 0.25) is 0 Å². The van der Waals surface area contributed by atoms with E-state index < -0.39 is 0 Å². The third kappa shape index (κ3) is 3.49. The second-order valence-electron chi connectivity index (χ2n) is 6.41. The van der Waals surface area contributed by atoms with Gasteiger partial charge in [-0.15, -0.1) is 0 Å². The number of hydrogen-bond acceptors (Lipinski definition) is 3. The average Bonchev–Trinajstić information content (AvgIpc) is 2.63. The SMILES string of the molecule is CC(C)(c1ccc(O)cc1)c1ccc(Oc2ccccc2C#N)cc1. The summed E-state index contributed by atoms with van der Waals surface area (Å²) < 4.78 is 5.83. The number of phenols is 1. The molecule has 3 rings (SSSR count). The lowest BCUT2D eigenvalue weighted by Crippen LogP contribution is -2.18. The van der Waals surface area contributed by atoms with Crippen LogP contribution < -0.4 is 4.74 Å². The van der Waals surface area contributed by atoms with Gasteiger partial charge < -0.3 is 9.84 Å². The van der Waals surface area contributed by atoms with Crippen molar-refractivity contribution < 1.29 is 9.84 Å². The van der Waals surface area contributed by atoms with E-state index in [1.165, 1.54) is 0 Å². The average molecular weight is 329 g/mol. The van der Waals surface area contributed by atoms with Gasteiger partial charge in [-0.05, 0) is 47.5 Å². The Morgan fingerprint density at radius 1 is 0.840 bits per heavy atom.